The minimum atomic E-state index is 0.145. The predicted molar refractivity (Wildman–Crippen MR) is 80.7 cm³/mol. The normalized spacial score (nSPS) is 23.8. The van der Waals surface area contributed by atoms with Gasteiger partial charge < -0.3 is 9.88 Å². The van der Waals surface area contributed by atoms with E-state index in [0.717, 1.165) is 29.6 Å². The third-order valence-electron chi connectivity index (χ3n) is 3.52. The highest BCUT2D eigenvalue weighted by atomic mass is 32.2. The van der Waals surface area contributed by atoms with Crippen LogP contribution in [0.1, 0.15) is 24.2 Å². The average Bonchev–Trinajstić information content (AvgIpc) is 2.84. The number of amides is 1. The summed E-state index contributed by atoms with van der Waals surface area (Å²) in [4.78, 5) is 17.9. The summed E-state index contributed by atoms with van der Waals surface area (Å²) in [5, 5.41) is 2.12. The van der Waals surface area contributed by atoms with E-state index in [1.54, 1.807) is 0 Å². The Morgan fingerprint density at radius 3 is 2.74 bits per heavy atom. The maximum Gasteiger partial charge on any atom is 0.256 e. The van der Waals surface area contributed by atoms with Crippen molar-refractivity contribution < 1.29 is 4.79 Å². The molecule has 2 aromatic rings. The molecular formula is C15H18N2OS. The van der Waals surface area contributed by atoms with Crippen LogP contribution in [0, 0.1) is 0 Å². The number of nitrogens with one attached hydrogen (secondary N) is 1. The molecule has 19 heavy (non-hydrogen) atoms. The highest BCUT2D eigenvalue weighted by molar-refractivity contribution is 8.00. The highest BCUT2D eigenvalue weighted by Gasteiger charge is 2.27. The molecular weight excluding hydrogens is 256 g/mol. The lowest BCUT2D eigenvalue weighted by Crippen LogP contribution is -2.44. The first-order chi connectivity index (χ1) is 9.15. The topological polar surface area (TPSA) is 36.1 Å². The third kappa shape index (κ3) is 2.37. The summed E-state index contributed by atoms with van der Waals surface area (Å²) in [6.07, 6.45) is 1.89. The molecule has 1 aliphatic heterocycles. The molecule has 2 atom stereocenters. The van der Waals surface area contributed by atoms with Gasteiger partial charge in [0.2, 0.25) is 0 Å². The van der Waals surface area contributed by atoms with Crippen molar-refractivity contribution in [2.75, 3.05) is 13.1 Å². The molecule has 4 heteroatoms. The number of fused-ring (bicyclic) bond motifs is 1. The number of nitrogens with zero attached hydrogens (tertiary/aromatic N) is 1. The van der Waals surface area contributed by atoms with Crippen LogP contribution in [0.2, 0.25) is 0 Å². The van der Waals surface area contributed by atoms with Crippen molar-refractivity contribution in [2.24, 2.45) is 0 Å². The number of aromatic amines is 1. The van der Waals surface area contributed by atoms with Crippen LogP contribution in [0.3, 0.4) is 0 Å². The van der Waals surface area contributed by atoms with Gasteiger partial charge in [-0.25, -0.2) is 0 Å². The number of carbonyl (C=O) groups excluding carboxylic acids is 1. The van der Waals surface area contributed by atoms with Crippen molar-refractivity contribution in [2.45, 2.75) is 24.3 Å². The minimum absolute atomic E-state index is 0.145. The van der Waals surface area contributed by atoms with Gasteiger partial charge in [-0.05, 0) is 12.1 Å². The summed E-state index contributed by atoms with van der Waals surface area (Å²) in [6, 6.07) is 7.90. The van der Waals surface area contributed by atoms with Gasteiger partial charge >= 0.3 is 0 Å². The number of aromatic nitrogens is 1. The highest BCUT2D eigenvalue weighted by Crippen LogP contribution is 2.27. The van der Waals surface area contributed by atoms with Crippen LogP contribution in [0.5, 0.6) is 0 Å². The number of thioether (sulfide) groups is 1. The number of benzene rings is 1. The second-order valence-electron chi connectivity index (χ2n) is 5.21. The van der Waals surface area contributed by atoms with Gasteiger partial charge in [-0.1, -0.05) is 26.0 Å². The van der Waals surface area contributed by atoms with Gasteiger partial charge in [-0.3, -0.25) is 4.79 Å². The molecule has 0 aliphatic carbocycles. The third-order valence-corrected chi connectivity index (χ3v) is 4.75. The number of rotatable bonds is 1. The molecule has 0 saturated carbocycles. The van der Waals surface area contributed by atoms with Gasteiger partial charge in [0.05, 0.1) is 11.1 Å². The summed E-state index contributed by atoms with van der Waals surface area (Å²) in [5.74, 6) is 0.145. The van der Waals surface area contributed by atoms with E-state index in [9.17, 15) is 4.79 Å². The summed E-state index contributed by atoms with van der Waals surface area (Å²) in [6.45, 7) is 6.06. The predicted octanol–water partition coefficient (Wildman–Crippen LogP) is 3.13. The second kappa shape index (κ2) is 4.93. The molecule has 1 amide bonds. The lowest BCUT2D eigenvalue weighted by molar-refractivity contribution is 0.0755. The Balaban J connectivity index is 1.93. The number of carbonyl (C=O) groups is 1. The van der Waals surface area contributed by atoms with Gasteiger partial charge in [-0.15, -0.1) is 0 Å². The van der Waals surface area contributed by atoms with E-state index in [2.05, 4.69) is 18.8 Å². The van der Waals surface area contributed by atoms with E-state index in [-0.39, 0.29) is 5.91 Å². The van der Waals surface area contributed by atoms with E-state index >= 15 is 0 Å². The minimum Gasteiger partial charge on any atom is -0.361 e. The van der Waals surface area contributed by atoms with Gasteiger partial charge in [-0.2, -0.15) is 11.8 Å². The molecule has 0 spiro atoms. The zero-order chi connectivity index (χ0) is 13.4. The fourth-order valence-corrected chi connectivity index (χ4v) is 4.10. The van der Waals surface area contributed by atoms with Crippen LogP contribution >= 0.6 is 11.8 Å². The Labute approximate surface area is 117 Å². The first-order valence-corrected chi connectivity index (χ1v) is 7.60. The van der Waals surface area contributed by atoms with Gasteiger partial charge in [0.25, 0.3) is 5.91 Å². The molecule has 100 valence electrons. The lowest BCUT2D eigenvalue weighted by atomic mass is 10.1. The van der Waals surface area contributed by atoms with E-state index in [1.165, 1.54) is 0 Å². The van der Waals surface area contributed by atoms with Crippen molar-refractivity contribution in [3.63, 3.8) is 0 Å². The van der Waals surface area contributed by atoms with Crippen molar-refractivity contribution in [3.05, 3.63) is 36.0 Å². The van der Waals surface area contributed by atoms with Crippen LogP contribution in [-0.2, 0) is 0 Å². The molecule has 0 bridgehead atoms. The van der Waals surface area contributed by atoms with Crippen molar-refractivity contribution in [3.8, 4) is 0 Å². The zero-order valence-corrected chi connectivity index (χ0v) is 12.0. The zero-order valence-electron chi connectivity index (χ0n) is 11.2. The van der Waals surface area contributed by atoms with Gasteiger partial charge in [0, 0.05) is 35.2 Å². The Kier molecular flexibility index (Phi) is 3.27. The number of H-pyrrole nitrogens is 1. The molecule has 1 aliphatic rings. The SMILES string of the molecule is CC1CN(C(=O)c2cccc3cc[nH]c23)CC(C)S1. The summed E-state index contributed by atoms with van der Waals surface area (Å²) in [5.41, 5.74) is 1.74. The molecule has 3 rings (SSSR count). The molecule has 0 radical (unpaired) electrons. The maximum absolute atomic E-state index is 12.7. The first kappa shape index (κ1) is 12.6. The Morgan fingerprint density at radius 1 is 1.26 bits per heavy atom. The van der Waals surface area contributed by atoms with Crippen LogP contribution in [-0.4, -0.2) is 39.4 Å². The van der Waals surface area contributed by atoms with Gasteiger partial charge in [0.15, 0.2) is 0 Å². The summed E-state index contributed by atoms with van der Waals surface area (Å²) in [7, 11) is 0. The molecule has 1 saturated heterocycles. The second-order valence-corrected chi connectivity index (χ2v) is 7.10. The Bertz CT molecular complexity index is 597. The molecule has 1 aromatic carbocycles. The first-order valence-electron chi connectivity index (χ1n) is 6.66. The number of para-hydroxylation sites is 1. The van der Waals surface area contributed by atoms with Crippen molar-refractivity contribution >= 4 is 28.6 Å². The monoisotopic (exact) mass is 274 g/mol. The van der Waals surface area contributed by atoms with E-state index < -0.39 is 0 Å². The number of hydrogen-bond donors (Lipinski definition) is 1. The van der Waals surface area contributed by atoms with Crippen LogP contribution in [0.25, 0.3) is 10.9 Å². The maximum atomic E-state index is 12.7. The number of hydrogen-bond acceptors (Lipinski definition) is 2. The molecule has 2 heterocycles. The van der Waals surface area contributed by atoms with E-state index in [4.69, 9.17) is 0 Å². The average molecular weight is 274 g/mol. The fraction of sp³-hybridized carbons (Fsp3) is 0.400. The van der Waals surface area contributed by atoms with Crippen molar-refractivity contribution in [1.29, 1.82) is 0 Å². The van der Waals surface area contributed by atoms with Crippen LogP contribution < -0.4 is 0 Å². The molecule has 2 unspecified atom stereocenters. The quantitative estimate of drug-likeness (QED) is 0.867. The van der Waals surface area contributed by atoms with E-state index in [1.807, 2.05) is 47.1 Å². The largest absolute Gasteiger partial charge is 0.361 e. The van der Waals surface area contributed by atoms with Crippen LogP contribution in [0.15, 0.2) is 30.5 Å². The summed E-state index contributed by atoms with van der Waals surface area (Å²) >= 11 is 1.96. The molecule has 1 N–H and O–H groups in total. The van der Waals surface area contributed by atoms with Crippen molar-refractivity contribution in [1.82, 2.24) is 9.88 Å². The van der Waals surface area contributed by atoms with E-state index in [0.29, 0.717) is 10.5 Å². The summed E-state index contributed by atoms with van der Waals surface area (Å²) < 4.78 is 0. The van der Waals surface area contributed by atoms with Crippen LogP contribution in [0.4, 0.5) is 0 Å². The molecule has 1 aromatic heterocycles. The standard InChI is InChI=1S/C15H18N2OS/c1-10-8-17(9-11(2)19-10)15(18)13-5-3-4-12-6-7-16-14(12)13/h3-7,10-11,16H,8-9H2,1-2H3. The lowest BCUT2D eigenvalue weighted by Gasteiger charge is -2.34. The van der Waals surface area contributed by atoms with Gasteiger partial charge in [0.1, 0.15) is 0 Å². The smallest absolute Gasteiger partial charge is 0.256 e. The molecule has 3 nitrogen and oxygen atoms in total. The Hall–Kier alpha value is -1.42. The fourth-order valence-electron chi connectivity index (χ4n) is 2.78. The molecule has 1 fully saturated rings. The Morgan fingerprint density at radius 2 is 2.00 bits per heavy atom.